The van der Waals surface area contributed by atoms with Crippen LogP contribution in [0.5, 0.6) is 0 Å². The van der Waals surface area contributed by atoms with Crippen molar-refractivity contribution >= 4 is 11.9 Å². The molecule has 0 heterocycles. The number of carbonyl (C=O) groups is 2. The molecule has 0 aromatic rings. The molecule has 0 saturated heterocycles. The number of carbonyl (C=O) groups excluding carboxylic acids is 2. The molecule has 318 valence electrons. The lowest BCUT2D eigenvalue weighted by Gasteiger charge is -2.22. The second kappa shape index (κ2) is 42.1. The summed E-state index contributed by atoms with van der Waals surface area (Å²) < 4.78 is 11.0. The van der Waals surface area contributed by atoms with Gasteiger partial charge in [-0.25, -0.2) is 0 Å². The first-order valence-corrected chi connectivity index (χ1v) is 23.9. The van der Waals surface area contributed by atoms with E-state index in [-0.39, 0.29) is 18.0 Å². The maximum atomic E-state index is 11.9. The molecule has 0 rings (SSSR count). The Hall–Kier alpha value is -1.06. The zero-order valence-electron chi connectivity index (χ0n) is 37.7. The molecule has 2 unspecified atom stereocenters. The van der Waals surface area contributed by atoms with Gasteiger partial charge >= 0.3 is 11.9 Å². The predicted molar refractivity (Wildman–Crippen MR) is 234 cm³/mol. The highest BCUT2D eigenvalue weighted by Crippen LogP contribution is 2.26. The van der Waals surface area contributed by atoms with Gasteiger partial charge in [-0.05, 0) is 56.3 Å². The summed E-state index contributed by atoms with van der Waals surface area (Å²) >= 11 is 0. The minimum Gasteiger partial charge on any atom is -0.466 e. The van der Waals surface area contributed by atoms with Crippen LogP contribution in [0.3, 0.4) is 0 Å². The van der Waals surface area contributed by atoms with Gasteiger partial charge < -0.3 is 9.47 Å². The Morgan fingerprint density at radius 1 is 0.453 bits per heavy atom. The smallest absolute Gasteiger partial charge is 0.306 e. The van der Waals surface area contributed by atoms with Crippen LogP contribution in [-0.2, 0) is 19.1 Å². The molecule has 0 aliphatic rings. The van der Waals surface area contributed by atoms with Crippen molar-refractivity contribution in [3.8, 4) is 0 Å². The Bertz CT molecular complexity index is 741. The lowest BCUT2D eigenvalue weighted by Crippen LogP contribution is -2.17. The number of rotatable bonds is 38. The van der Waals surface area contributed by atoms with E-state index in [4.69, 9.17) is 9.47 Å². The first-order valence-electron chi connectivity index (χ1n) is 23.9. The van der Waals surface area contributed by atoms with E-state index in [1.54, 1.807) is 0 Å². The zero-order chi connectivity index (χ0) is 39.7. The van der Waals surface area contributed by atoms with Crippen LogP contribution in [0.4, 0.5) is 0 Å². The molecule has 0 amide bonds. The van der Waals surface area contributed by atoms with Gasteiger partial charge in [0.05, 0.1) is 6.61 Å². The summed E-state index contributed by atoms with van der Waals surface area (Å²) in [7, 11) is 0. The molecular weight excluding hydrogens is 653 g/mol. The van der Waals surface area contributed by atoms with E-state index >= 15 is 0 Å². The summed E-state index contributed by atoms with van der Waals surface area (Å²) in [4.78, 5) is 23.7. The van der Waals surface area contributed by atoms with Crippen molar-refractivity contribution < 1.29 is 19.1 Å². The highest BCUT2D eigenvalue weighted by atomic mass is 16.5. The third-order valence-corrected chi connectivity index (χ3v) is 10.7. The molecular formula is C49H98O4. The number of unbranched alkanes of at least 4 members (excludes halogenated alkanes) is 26. The van der Waals surface area contributed by atoms with Crippen molar-refractivity contribution in [3.63, 3.8) is 0 Å². The van der Waals surface area contributed by atoms with Gasteiger partial charge in [-0.1, -0.05) is 222 Å². The summed E-state index contributed by atoms with van der Waals surface area (Å²) in [6.07, 6.45) is 44.0. The number of hydrogen-bond acceptors (Lipinski definition) is 4. The Morgan fingerprint density at radius 2 is 0.792 bits per heavy atom. The molecule has 0 aliphatic carbocycles. The summed E-state index contributed by atoms with van der Waals surface area (Å²) in [6.45, 7) is 18.5. The minimum absolute atomic E-state index is 0.000955. The van der Waals surface area contributed by atoms with E-state index in [1.165, 1.54) is 180 Å². The van der Waals surface area contributed by atoms with Gasteiger partial charge in [-0.3, -0.25) is 9.59 Å². The molecule has 0 aromatic carbocycles. The van der Waals surface area contributed by atoms with Crippen LogP contribution in [0.2, 0.25) is 0 Å². The van der Waals surface area contributed by atoms with Crippen LogP contribution in [0.15, 0.2) is 0 Å². The average Bonchev–Trinajstić information content (AvgIpc) is 3.11. The summed E-state index contributed by atoms with van der Waals surface area (Å²) in [5.74, 6) is 0.645. The van der Waals surface area contributed by atoms with Crippen molar-refractivity contribution in [2.75, 3.05) is 6.61 Å². The van der Waals surface area contributed by atoms with Gasteiger partial charge in [-0.15, -0.1) is 0 Å². The zero-order valence-corrected chi connectivity index (χ0v) is 37.7. The highest BCUT2D eigenvalue weighted by Gasteiger charge is 2.16. The van der Waals surface area contributed by atoms with Crippen molar-refractivity contribution in [2.24, 2.45) is 11.3 Å². The van der Waals surface area contributed by atoms with Crippen LogP contribution in [0.25, 0.3) is 0 Å². The van der Waals surface area contributed by atoms with Crippen LogP contribution >= 0.6 is 0 Å². The Kier molecular flexibility index (Phi) is 42.9. The quantitative estimate of drug-likeness (QED) is 0.0466. The lowest BCUT2D eigenvalue weighted by atomic mass is 9.84. The third-order valence-electron chi connectivity index (χ3n) is 10.7. The van der Waals surface area contributed by atoms with E-state index in [9.17, 15) is 9.59 Å². The van der Waals surface area contributed by atoms with E-state index in [0.29, 0.717) is 30.8 Å². The number of hydrogen-bond donors (Lipinski definition) is 0. The van der Waals surface area contributed by atoms with Crippen molar-refractivity contribution in [1.82, 2.24) is 0 Å². The Balaban J connectivity index is 0. The predicted octanol–water partition coefficient (Wildman–Crippen LogP) is 16.8. The van der Waals surface area contributed by atoms with E-state index < -0.39 is 0 Å². The average molecular weight is 751 g/mol. The summed E-state index contributed by atoms with van der Waals surface area (Å²) in [6, 6.07) is 0. The fourth-order valence-corrected chi connectivity index (χ4v) is 7.38. The fourth-order valence-electron chi connectivity index (χ4n) is 7.38. The van der Waals surface area contributed by atoms with Gasteiger partial charge in [0.15, 0.2) is 0 Å². The molecule has 0 aromatic heterocycles. The van der Waals surface area contributed by atoms with Gasteiger partial charge in [0.1, 0.15) is 6.10 Å². The van der Waals surface area contributed by atoms with Gasteiger partial charge in [-0.2, -0.15) is 0 Å². The summed E-state index contributed by atoms with van der Waals surface area (Å²) in [5.41, 5.74) is 0.359. The molecule has 4 heteroatoms. The van der Waals surface area contributed by atoms with E-state index in [2.05, 4.69) is 55.4 Å². The molecule has 0 radical (unpaired) electrons. The molecule has 53 heavy (non-hydrogen) atoms. The second-order valence-corrected chi connectivity index (χ2v) is 17.9. The maximum Gasteiger partial charge on any atom is 0.306 e. The molecule has 2 atom stereocenters. The molecule has 0 saturated carbocycles. The molecule has 4 nitrogen and oxygen atoms in total. The summed E-state index contributed by atoms with van der Waals surface area (Å²) in [5, 5.41) is 0. The third kappa shape index (κ3) is 47.0. The molecule has 0 aliphatic heterocycles. The second-order valence-electron chi connectivity index (χ2n) is 17.9. The molecule has 0 spiro atoms. The minimum atomic E-state index is 0.000955. The van der Waals surface area contributed by atoms with Gasteiger partial charge in [0.25, 0.3) is 0 Å². The van der Waals surface area contributed by atoms with Crippen molar-refractivity contribution in [2.45, 2.75) is 286 Å². The Labute approximate surface area is 334 Å². The normalized spacial score (nSPS) is 12.6. The number of esters is 2. The topological polar surface area (TPSA) is 52.6 Å². The number of ether oxygens (including phenoxy) is 2. The van der Waals surface area contributed by atoms with Gasteiger partial charge in [0, 0.05) is 12.8 Å². The first kappa shape index (κ1) is 54.0. The maximum absolute atomic E-state index is 11.9. The lowest BCUT2D eigenvalue weighted by molar-refractivity contribution is -0.149. The Morgan fingerprint density at radius 3 is 1.15 bits per heavy atom. The van der Waals surface area contributed by atoms with E-state index in [0.717, 1.165) is 32.1 Å². The van der Waals surface area contributed by atoms with Crippen LogP contribution in [0, 0.1) is 11.3 Å². The van der Waals surface area contributed by atoms with Crippen LogP contribution < -0.4 is 0 Å². The van der Waals surface area contributed by atoms with Crippen molar-refractivity contribution in [3.05, 3.63) is 0 Å². The first-order chi connectivity index (χ1) is 25.6. The highest BCUT2D eigenvalue weighted by molar-refractivity contribution is 5.69. The molecule has 0 N–H and O–H groups in total. The molecule has 0 bridgehead atoms. The SMILES string of the molecule is CCCCCCCCCCCCCCCC(=O)OC(CC)CCCCC.CCCCCCCCCCCCCCCC(=O)OCCC(C)CC(C)(C)C. The standard InChI is InChI=1S/C25H50O2.C24H48O2/c1-6-7-8-9-10-11-12-13-14-15-16-17-18-19-24(26)27-21-20-23(2)22-25(3,4)5;1-4-7-9-10-11-12-13-14-15-16-17-18-20-22-24(25)26-23(6-3)21-19-8-5-2/h23H,6-22H2,1-5H3;23H,4-22H2,1-3H3. The molecule has 0 fully saturated rings. The van der Waals surface area contributed by atoms with Crippen molar-refractivity contribution in [1.29, 1.82) is 0 Å². The van der Waals surface area contributed by atoms with Gasteiger partial charge in [0.2, 0.25) is 0 Å². The largest absolute Gasteiger partial charge is 0.466 e. The van der Waals surface area contributed by atoms with Crippen LogP contribution in [-0.4, -0.2) is 24.6 Å². The monoisotopic (exact) mass is 751 g/mol. The fraction of sp³-hybridized carbons (Fsp3) is 0.959. The van der Waals surface area contributed by atoms with Crippen LogP contribution in [0.1, 0.15) is 280 Å². The van der Waals surface area contributed by atoms with E-state index in [1.807, 2.05) is 0 Å².